The van der Waals surface area contributed by atoms with Crippen LogP contribution in [0.25, 0.3) is 0 Å². The second-order valence-electron chi connectivity index (χ2n) is 14.5. The van der Waals surface area contributed by atoms with Crippen LogP contribution in [0, 0.1) is 51.2 Å². The van der Waals surface area contributed by atoms with Crippen LogP contribution in [-0.2, 0) is 19.1 Å². The number of aliphatic carboxylic acids is 1. The molecule has 0 saturated heterocycles. The monoisotopic (exact) mass is 526 g/mol. The number of carbonyl (C=O) groups is 3. The summed E-state index contributed by atoms with van der Waals surface area (Å²) in [5, 5.41) is 10.5. The minimum absolute atomic E-state index is 0.00585. The molecule has 8 atom stereocenters. The third kappa shape index (κ3) is 4.13. The fourth-order valence-electron chi connectivity index (χ4n) is 9.67. The van der Waals surface area contributed by atoms with Gasteiger partial charge in [-0.05, 0) is 79.4 Å². The number of hydrogen-bond donors (Lipinski definition) is 1. The van der Waals surface area contributed by atoms with Gasteiger partial charge < -0.3 is 9.84 Å². The van der Waals surface area contributed by atoms with E-state index in [1.165, 1.54) is 12.5 Å². The second-order valence-corrected chi connectivity index (χ2v) is 14.5. The highest BCUT2D eigenvalue weighted by Gasteiger charge is 2.70. The van der Waals surface area contributed by atoms with E-state index in [9.17, 15) is 19.5 Å². The van der Waals surface area contributed by atoms with Crippen molar-refractivity contribution < 1.29 is 24.2 Å². The van der Waals surface area contributed by atoms with Crippen molar-refractivity contribution in [2.75, 3.05) is 0 Å². The molecule has 0 aromatic heterocycles. The number of fused-ring (bicyclic) bond motifs is 5. The Morgan fingerprint density at radius 2 is 1.82 bits per heavy atom. The van der Waals surface area contributed by atoms with Gasteiger partial charge >= 0.3 is 11.9 Å². The molecule has 4 aliphatic rings. The molecule has 0 bridgehead atoms. The van der Waals surface area contributed by atoms with Crippen molar-refractivity contribution in [2.45, 2.75) is 113 Å². The van der Waals surface area contributed by atoms with Gasteiger partial charge in [-0.1, -0.05) is 72.3 Å². The number of hydrogen-bond acceptors (Lipinski definition) is 4. The predicted molar refractivity (Wildman–Crippen MR) is 149 cm³/mol. The average Bonchev–Trinajstić information content (AvgIpc) is 3.03. The molecule has 3 unspecified atom stereocenters. The van der Waals surface area contributed by atoms with Gasteiger partial charge in [-0.2, -0.15) is 0 Å². The first-order valence-electron chi connectivity index (χ1n) is 14.8. The molecule has 0 amide bonds. The molecule has 5 heteroatoms. The maximum Gasteiger partial charge on any atom is 0.306 e. The second kappa shape index (κ2) is 9.63. The number of allylic oxidation sites excluding steroid dienone is 2. The maximum atomic E-state index is 12.9. The molecular weight excluding hydrogens is 476 g/mol. The Labute approximate surface area is 229 Å². The number of Topliss-reactive ketones (excluding diaryl/α,β-unsaturated/α-hetero) is 1. The normalized spacial score (nSPS) is 40.4. The van der Waals surface area contributed by atoms with Crippen LogP contribution in [-0.4, -0.2) is 28.9 Å². The Morgan fingerprint density at radius 3 is 2.39 bits per heavy atom. The zero-order valence-corrected chi connectivity index (χ0v) is 25.0. The van der Waals surface area contributed by atoms with Crippen molar-refractivity contribution in [1.82, 2.24) is 0 Å². The van der Waals surface area contributed by atoms with Gasteiger partial charge in [0, 0.05) is 24.2 Å². The molecule has 212 valence electrons. The fourth-order valence-corrected chi connectivity index (χ4v) is 9.67. The molecule has 4 aliphatic carbocycles. The maximum absolute atomic E-state index is 12.9. The molecule has 3 fully saturated rings. The van der Waals surface area contributed by atoms with Crippen LogP contribution in [0.4, 0.5) is 0 Å². The minimum atomic E-state index is -0.752. The molecule has 0 radical (unpaired) electrons. The van der Waals surface area contributed by atoms with E-state index in [-0.39, 0.29) is 40.2 Å². The lowest BCUT2D eigenvalue weighted by atomic mass is 9.41. The van der Waals surface area contributed by atoms with Crippen LogP contribution in [0.15, 0.2) is 23.8 Å². The van der Waals surface area contributed by atoms with E-state index in [0.29, 0.717) is 43.3 Å². The smallest absolute Gasteiger partial charge is 0.306 e. The first-order valence-corrected chi connectivity index (χ1v) is 14.8. The van der Waals surface area contributed by atoms with E-state index >= 15 is 0 Å². The van der Waals surface area contributed by atoms with E-state index in [0.717, 1.165) is 31.3 Å². The molecule has 1 N–H and O–H groups in total. The number of esters is 1. The molecule has 0 aromatic rings. The zero-order chi connectivity index (χ0) is 28.4. The largest absolute Gasteiger partial charge is 0.481 e. The Kier molecular flexibility index (Phi) is 7.37. The Morgan fingerprint density at radius 1 is 1.16 bits per heavy atom. The standard InChI is InChI=1S/C33H50O5/c1-19(2)20(3)10-11-22(29(36)37)25-18-28(38-21(4)34)33(9)24-12-13-26-30(5,6)27(35)15-16-31(26,7)23(24)14-17-32(25,33)8/h12,19,22-23,25-26,28H,3,10-11,13-18H2,1-2,4-9H3,(H,36,37)/t22-,23?,25-,26?,28+,31-,32?,33-/m1/s1. The Balaban J connectivity index is 1.78. The van der Waals surface area contributed by atoms with Gasteiger partial charge in [0.1, 0.15) is 11.9 Å². The van der Waals surface area contributed by atoms with Gasteiger partial charge in [0.2, 0.25) is 0 Å². The van der Waals surface area contributed by atoms with E-state index < -0.39 is 17.3 Å². The van der Waals surface area contributed by atoms with Gasteiger partial charge in [0.05, 0.1) is 5.92 Å². The van der Waals surface area contributed by atoms with Crippen molar-refractivity contribution in [3.63, 3.8) is 0 Å². The van der Waals surface area contributed by atoms with E-state index in [2.05, 4.69) is 61.1 Å². The molecule has 0 aliphatic heterocycles. The van der Waals surface area contributed by atoms with Gasteiger partial charge in [0.15, 0.2) is 0 Å². The lowest BCUT2D eigenvalue weighted by molar-refractivity contribution is -0.159. The average molecular weight is 527 g/mol. The predicted octanol–water partition coefficient (Wildman–Crippen LogP) is 7.40. The molecular formula is C33H50O5. The molecule has 0 aromatic carbocycles. The highest BCUT2D eigenvalue weighted by Crippen LogP contribution is 2.73. The molecule has 0 spiro atoms. The summed E-state index contributed by atoms with van der Waals surface area (Å²) < 4.78 is 6.10. The summed E-state index contributed by atoms with van der Waals surface area (Å²) in [4.78, 5) is 38.1. The van der Waals surface area contributed by atoms with Crippen LogP contribution >= 0.6 is 0 Å². The first-order chi connectivity index (χ1) is 17.5. The molecule has 5 nitrogen and oxygen atoms in total. The topological polar surface area (TPSA) is 80.7 Å². The third-order valence-corrected chi connectivity index (χ3v) is 12.4. The van der Waals surface area contributed by atoms with E-state index in [1.54, 1.807) is 0 Å². The highest BCUT2D eigenvalue weighted by atomic mass is 16.5. The van der Waals surface area contributed by atoms with Crippen molar-refractivity contribution >= 4 is 17.7 Å². The summed E-state index contributed by atoms with van der Waals surface area (Å²) in [6.07, 6.45) is 8.12. The van der Waals surface area contributed by atoms with Crippen molar-refractivity contribution in [3.8, 4) is 0 Å². The number of rotatable bonds is 7. The summed E-state index contributed by atoms with van der Waals surface area (Å²) >= 11 is 0. The Bertz CT molecular complexity index is 1050. The molecule has 0 heterocycles. The van der Waals surface area contributed by atoms with Crippen LogP contribution in [0.5, 0.6) is 0 Å². The van der Waals surface area contributed by atoms with Crippen LogP contribution in [0.1, 0.15) is 107 Å². The van der Waals surface area contributed by atoms with Gasteiger partial charge in [-0.15, -0.1) is 0 Å². The van der Waals surface area contributed by atoms with Crippen molar-refractivity contribution in [2.24, 2.45) is 51.2 Å². The summed E-state index contributed by atoms with van der Waals surface area (Å²) in [6, 6.07) is 0. The quantitative estimate of drug-likeness (QED) is 0.276. The number of ketones is 1. The van der Waals surface area contributed by atoms with Crippen molar-refractivity contribution in [3.05, 3.63) is 23.8 Å². The van der Waals surface area contributed by atoms with Crippen LogP contribution in [0.2, 0.25) is 0 Å². The SMILES string of the molecule is C=C(CC[C@@H](C(=O)O)[C@H]1C[C@H](OC(C)=O)[C@@]2(C)C3=CCC4C(C)(C)C(=O)CC[C@]4(C)C3CCC12C)C(C)C. The Hall–Kier alpha value is -1.91. The van der Waals surface area contributed by atoms with Gasteiger partial charge in [-0.25, -0.2) is 0 Å². The zero-order valence-electron chi connectivity index (χ0n) is 25.0. The summed E-state index contributed by atoms with van der Waals surface area (Å²) in [7, 11) is 0. The summed E-state index contributed by atoms with van der Waals surface area (Å²) in [5.74, 6) is -0.356. The highest BCUT2D eigenvalue weighted by molar-refractivity contribution is 5.85. The number of carboxylic acid groups (broad SMARTS) is 1. The van der Waals surface area contributed by atoms with Gasteiger partial charge in [0.25, 0.3) is 0 Å². The minimum Gasteiger partial charge on any atom is -0.481 e. The first kappa shape index (κ1) is 29.1. The lowest BCUT2D eigenvalue weighted by Gasteiger charge is -2.63. The summed E-state index contributed by atoms with van der Waals surface area (Å²) in [5.41, 5.74) is 1.36. The lowest BCUT2D eigenvalue weighted by Crippen LogP contribution is -2.59. The molecule has 4 rings (SSSR count). The van der Waals surface area contributed by atoms with E-state index in [1.807, 2.05) is 0 Å². The molecule has 38 heavy (non-hydrogen) atoms. The molecule has 3 saturated carbocycles. The van der Waals surface area contributed by atoms with Gasteiger partial charge in [-0.3, -0.25) is 14.4 Å². The van der Waals surface area contributed by atoms with Crippen LogP contribution < -0.4 is 0 Å². The summed E-state index contributed by atoms with van der Waals surface area (Å²) in [6.45, 7) is 21.0. The van der Waals surface area contributed by atoms with Crippen molar-refractivity contribution in [1.29, 1.82) is 0 Å². The third-order valence-electron chi connectivity index (χ3n) is 12.4. The fraction of sp³-hybridized carbons (Fsp3) is 0.788. The van der Waals surface area contributed by atoms with Crippen LogP contribution in [0.3, 0.4) is 0 Å². The van der Waals surface area contributed by atoms with E-state index in [4.69, 9.17) is 4.74 Å². The number of ether oxygens (including phenoxy) is 1. The number of carbonyl (C=O) groups excluding carboxylic acids is 2. The number of carboxylic acids is 1.